The van der Waals surface area contributed by atoms with E-state index in [0.29, 0.717) is 17.1 Å². The van der Waals surface area contributed by atoms with Crippen LogP contribution in [0.3, 0.4) is 0 Å². The van der Waals surface area contributed by atoms with Crippen LogP contribution in [0.5, 0.6) is 0 Å². The first kappa shape index (κ1) is 20.3. The SMILES string of the molecule is CC(C)C1CCN(C2CCNCC2)CC1.CCC(=O)C1CC2(CCC2)C1. The quantitative estimate of drug-likeness (QED) is 0.790. The summed E-state index contributed by atoms with van der Waals surface area (Å²) in [7, 11) is 0. The van der Waals surface area contributed by atoms with Crippen molar-refractivity contribution in [3.8, 4) is 0 Å². The number of nitrogens with one attached hydrogen (secondary N) is 1. The third-order valence-electron chi connectivity index (χ3n) is 7.92. The molecule has 4 rings (SSSR count). The van der Waals surface area contributed by atoms with Crippen LogP contribution in [0.25, 0.3) is 0 Å². The number of Topliss-reactive ketones (excluding diaryl/α,β-unsaturated/α-hetero) is 1. The Bertz CT molecular complexity index is 435. The van der Waals surface area contributed by atoms with Gasteiger partial charge in [0.1, 0.15) is 5.78 Å². The fourth-order valence-corrected chi connectivity index (χ4v) is 5.71. The van der Waals surface area contributed by atoms with Gasteiger partial charge in [0.15, 0.2) is 0 Å². The summed E-state index contributed by atoms with van der Waals surface area (Å²) in [6.45, 7) is 11.9. The Balaban J connectivity index is 0.000000158. The summed E-state index contributed by atoms with van der Waals surface area (Å²) >= 11 is 0. The molecule has 3 heteroatoms. The second-order valence-electron chi connectivity index (χ2n) is 9.88. The first-order valence-electron chi connectivity index (χ1n) is 11.5. The maximum absolute atomic E-state index is 11.2. The van der Waals surface area contributed by atoms with Crippen LogP contribution in [0.4, 0.5) is 0 Å². The van der Waals surface area contributed by atoms with E-state index in [-0.39, 0.29) is 0 Å². The number of carbonyl (C=O) groups excluding carboxylic acids is 1. The van der Waals surface area contributed by atoms with Crippen LogP contribution < -0.4 is 5.32 Å². The fourth-order valence-electron chi connectivity index (χ4n) is 5.71. The summed E-state index contributed by atoms with van der Waals surface area (Å²) < 4.78 is 0. The molecule has 2 saturated carbocycles. The van der Waals surface area contributed by atoms with Crippen molar-refractivity contribution in [2.75, 3.05) is 26.2 Å². The van der Waals surface area contributed by atoms with E-state index < -0.39 is 0 Å². The molecule has 0 unspecified atom stereocenters. The number of carbonyl (C=O) groups is 1. The highest BCUT2D eigenvalue weighted by atomic mass is 16.1. The minimum Gasteiger partial charge on any atom is -0.317 e. The largest absolute Gasteiger partial charge is 0.317 e. The van der Waals surface area contributed by atoms with E-state index in [4.69, 9.17) is 0 Å². The molecule has 2 saturated heterocycles. The highest BCUT2D eigenvalue weighted by molar-refractivity contribution is 5.81. The monoisotopic (exact) mass is 362 g/mol. The normalized spacial score (nSPS) is 27.5. The minimum atomic E-state index is 0.459. The second-order valence-corrected chi connectivity index (χ2v) is 9.88. The molecule has 0 radical (unpaired) electrons. The zero-order valence-electron chi connectivity index (χ0n) is 17.6. The number of rotatable bonds is 4. The minimum absolute atomic E-state index is 0.459. The van der Waals surface area contributed by atoms with Crippen molar-refractivity contribution in [3.63, 3.8) is 0 Å². The Kier molecular flexibility index (Phi) is 7.18. The number of likely N-dealkylation sites (tertiary alicyclic amines) is 1. The van der Waals surface area contributed by atoms with Gasteiger partial charge in [-0.2, -0.15) is 0 Å². The van der Waals surface area contributed by atoms with Crippen molar-refractivity contribution in [1.82, 2.24) is 10.2 Å². The van der Waals surface area contributed by atoms with Gasteiger partial charge in [-0.15, -0.1) is 0 Å². The maximum Gasteiger partial charge on any atom is 0.135 e. The number of hydrogen-bond acceptors (Lipinski definition) is 3. The van der Waals surface area contributed by atoms with Crippen LogP contribution in [0.1, 0.15) is 85.0 Å². The highest BCUT2D eigenvalue weighted by Crippen LogP contribution is 2.58. The molecular formula is C23H42N2O. The third-order valence-corrected chi connectivity index (χ3v) is 7.92. The van der Waals surface area contributed by atoms with Crippen molar-refractivity contribution >= 4 is 5.78 Å². The zero-order valence-corrected chi connectivity index (χ0v) is 17.6. The van der Waals surface area contributed by atoms with Crippen LogP contribution in [-0.4, -0.2) is 42.9 Å². The Morgan fingerprint density at radius 3 is 2.15 bits per heavy atom. The van der Waals surface area contributed by atoms with E-state index in [0.717, 1.165) is 24.3 Å². The predicted molar refractivity (Wildman–Crippen MR) is 109 cm³/mol. The number of ketones is 1. The molecular weight excluding hydrogens is 320 g/mol. The Morgan fingerprint density at radius 1 is 1.08 bits per heavy atom. The van der Waals surface area contributed by atoms with E-state index in [9.17, 15) is 4.79 Å². The highest BCUT2D eigenvalue weighted by Gasteiger charge is 2.49. The molecule has 0 atom stereocenters. The lowest BCUT2D eigenvalue weighted by molar-refractivity contribution is -0.134. The molecule has 0 aromatic carbocycles. The van der Waals surface area contributed by atoms with Crippen molar-refractivity contribution < 1.29 is 4.79 Å². The molecule has 26 heavy (non-hydrogen) atoms. The van der Waals surface area contributed by atoms with Gasteiger partial charge in [0.25, 0.3) is 0 Å². The molecule has 2 aliphatic heterocycles. The standard InChI is InChI=1S/C13H26N2.C10H16O/c1-11(2)12-5-9-15(10-6-12)13-3-7-14-8-4-13;1-2-9(11)8-6-10(7-8)4-3-5-10/h11-14H,3-10H2,1-2H3;8H,2-7H2,1H3. The molecule has 150 valence electrons. The van der Waals surface area contributed by atoms with Gasteiger partial charge in [0, 0.05) is 18.4 Å². The lowest BCUT2D eigenvalue weighted by atomic mass is 9.51. The maximum atomic E-state index is 11.2. The molecule has 0 bridgehead atoms. The topological polar surface area (TPSA) is 32.3 Å². The summed E-state index contributed by atoms with van der Waals surface area (Å²) in [5.74, 6) is 2.84. The molecule has 1 N–H and O–H groups in total. The predicted octanol–water partition coefficient (Wildman–Crippen LogP) is 4.65. The summed E-state index contributed by atoms with van der Waals surface area (Å²) in [5.41, 5.74) is 0.676. The van der Waals surface area contributed by atoms with E-state index in [1.807, 2.05) is 6.92 Å². The molecule has 2 heterocycles. The average molecular weight is 363 g/mol. The van der Waals surface area contributed by atoms with Crippen molar-refractivity contribution in [2.45, 2.75) is 91.0 Å². The zero-order chi connectivity index (χ0) is 18.6. The Hall–Kier alpha value is -0.410. The molecule has 0 aromatic heterocycles. The van der Waals surface area contributed by atoms with Gasteiger partial charge in [-0.05, 0) is 94.8 Å². The number of hydrogen-bond donors (Lipinski definition) is 1. The van der Waals surface area contributed by atoms with E-state index in [2.05, 4.69) is 24.1 Å². The molecule has 1 spiro atoms. The van der Waals surface area contributed by atoms with Gasteiger partial charge in [-0.25, -0.2) is 0 Å². The molecule has 4 aliphatic rings. The van der Waals surface area contributed by atoms with Gasteiger partial charge >= 0.3 is 0 Å². The van der Waals surface area contributed by atoms with Gasteiger partial charge in [-0.1, -0.05) is 27.2 Å². The number of nitrogens with zero attached hydrogens (tertiary/aromatic N) is 1. The summed E-state index contributed by atoms with van der Waals surface area (Å²) in [4.78, 5) is 14.0. The first-order chi connectivity index (χ1) is 12.5. The van der Waals surface area contributed by atoms with Crippen LogP contribution in [0.15, 0.2) is 0 Å². The van der Waals surface area contributed by atoms with Gasteiger partial charge in [0.05, 0.1) is 0 Å². The Morgan fingerprint density at radius 2 is 1.69 bits per heavy atom. The first-order valence-corrected chi connectivity index (χ1v) is 11.5. The van der Waals surface area contributed by atoms with E-state index in [1.54, 1.807) is 0 Å². The summed E-state index contributed by atoms with van der Waals surface area (Å²) in [6, 6.07) is 0.888. The third kappa shape index (κ3) is 4.90. The van der Waals surface area contributed by atoms with Crippen molar-refractivity contribution in [1.29, 1.82) is 0 Å². The van der Waals surface area contributed by atoms with Crippen LogP contribution >= 0.6 is 0 Å². The van der Waals surface area contributed by atoms with Crippen molar-refractivity contribution in [3.05, 3.63) is 0 Å². The second kappa shape index (κ2) is 9.19. The molecule has 3 nitrogen and oxygen atoms in total. The Labute approximate surface area is 161 Å². The van der Waals surface area contributed by atoms with Gasteiger partial charge in [0.2, 0.25) is 0 Å². The molecule has 0 amide bonds. The molecule has 4 fully saturated rings. The lowest BCUT2D eigenvalue weighted by Crippen LogP contribution is -2.47. The van der Waals surface area contributed by atoms with Gasteiger partial charge < -0.3 is 10.2 Å². The fraction of sp³-hybridized carbons (Fsp3) is 0.957. The smallest absolute Gasteiger partial charge is 0.135 e. The van der Waals surface area contributed by atoms with Crippen molar-refractivity contribution in [2.24, 2.45) is 23.2 Å². The van der Waals surface area contributed by atoms with Gasteiger partial charge in [-0.3, -0.25) is 4.79 Å². The average Bonchev–Trinajstić information content (AvgIpc) is 2.60. The van der Waals surface area contributed by atoms with E-state index in [1.165, 1.54) is 84.0 Å². The van der Waals surface area contributed by atoms with Crippen LogP contribution in [0, 0.1) is 23.2 Å². The van der Waals surface area contributed by atoms with E-state index >= 15 is 0 Å². The van der Waals surface area contributed by atoms with Crippen LogP contribution in [-0.2, 0) is 4.79 Å². The lowest BCUT2D eigenvalue weighted by Gasteiger charge is -2.53. The summed E-state index contributed by atoms with van der Waals surface area (Å²) in [6.07, 6.45) is 13.0. The molecule has 0 aromatic rings. The summed E-state index contributed by atoms with van der Waals surface area (Å²) in [5, 5.41) is 3.45. The molecule has 2 aliphatic carbocycles. The number of piperidine rings is 2. The van der Waals surface area contributed by atoms with Crippen LogP contribution in [0.2, 0.25) is 0 Å².